The number of hydrogen-bond acceptors (Lipinski definition) is 7. The van der Waals surface area contributed by atoms with Crippen molar-refractivity contribution in [2.24, 2.45) is 0 Å². The second-order valence-electron chi connectivity index (χ2n) is 7.65. The summed E-state index contributed by atoms with van der Waals surface area (Å²) in [6.45, 7) is 6.79. The molecule has 2 N–H and O–H groups in total. The highest BCUT2D eigenvalue weighted by Crippen LogP contribution is 2.28. The maximum atomic E-state index is 12.7. The summed E-state index contributed by atoms with van der Waals surface area (Å²) >= 11 is 0. The van der Waals surface area contributed by atoms with Gasteiger partial charge >= 0.3 is 0 Å². The normalized spacial score (nSPS) is 15.1. The van der Waals surface area contributed by atoms with E-state index >= 15 is 0 Å². The largest absolute Gasteiger partial charge is 0.369 e. The van der Waals surface area contributed by atoms with Crippen LogP contribution in [0.1, 0.15) is 23.2 Å². The fraction of sp³-hybridized carbons (Fsp3) is 0.364. The summed E-state index contributed by atoms with van der Waals surface area (Å²) in [6, 6.07) is 11.4. The smallest absolute Gasteiger partial charge is 0.244 e. The Labute approximate surface area is 181 Å². The summed E-state index contributed by atoms with van der Waals surface area (Å²) in [5, 5.41) is 18.1. The van der Waals surface area contributed by atoms with E-state index in [1.54, 1.807) is 16.9 Å². The molecule has 1 fully saturated rings. The van der Waals surface area contributed by atoms with Crippen LogP contribution < -0.4 is 10.2 Å². The topological polar surface area (TPSA) is 99.4 Å². The van der Waals surface area contributed by atoms with Crippen LogP contribution in [0.3, 0.4) is 0 Å². The number of anilines is 2. The highest BCUT2D eigenvalue weighted by Gasteiger charge is 2.24. The Balaban J connectivity index is 1.40. The molecule has 4 rings (SSSR count). The van der Waals surface area contributed by atoms with Gasteiger partial charge in [-0.05, 0) is 32.0 Å². The van der Waals surface area contributed by atoms with E-state index in [0.29, 0.717) is 32.0 Å². The number of amides is 1. The maximum absolute atomic E-state index is 12.7. The molecule has 0 aliphatic carbocycles. The van der Waals surface area contributed by atoms with Crippen molar-refractivity contribution in [2.45, 2.75) is 26.6 Å². The Morgan fingerprint density at radius 2 is 1.94 bits per heavy atom. The maximum Gasteiger partial charge on any atom is 0.244 e. The van der Waals surface area contributed by atoms with Crippen LogP contribution in [-0.2, 0) is 11.3 Å². The van der Waals surface area contributed by atoms with Crippen LogP contribution in [0.15, 0.2) is 48.9 Å². The van der Waals surface area contributed by atoms with Gasteiger partial charge in [0.15, 0.2) is 6.23 Å². The molecule has 1 saturated heterocycles. The number of nitrogens with one attached hydrogen (secondary N) is 1. The highest BCUT2D eigenvalue weighted by molar-refractivity contribution is 5.76. The molecule has 0 bridgehead atoms. The molecule has 9 heteroatoms. The summed E-state index contributed by atoms with van der Waals surface area (Å²) in [7, 11) is 0. The quantitative estimate of drug-likeness (QED) is 0.585. The van der Waals surface area contributed by atoms with Gasteiger partial charge < -0.3 is 20.2 Å². The van der Waals surface area contributed by atoms with Gasteiger partial charge in [-0.15, -0.1) is 0 Å². The molecule has 1 amide bonds. The number of rotatable bonds is 6. The molecule has 0 saturated carbocycles. The van der Waals surface area contributed by atoms with Gasteiger partial charge in [-0.3, -0.25) is 9.48 Å². The van der Waals surface area contributed by atoms with Gasteiger partial charge in [-0.1, -0.05) is 18.2 Å². The van der Waals surface area contributed by atoms with Crippen molar-refractivity contribution in [1.82, 2.24) is 24.6 Å². The van der Waals surface area contributed by atoms with E-state index < -0.39 is 6.23 Å². The minimum Gasteiger partial charge on any atom is -0.369 e. The fourth-order valence-electron chi connectivity index (χ4n) is 3.86. The van der Waals surface area contributed by atoms with Crippen LogP contribution in [-0.4, -0.2) is 61.8 Å². The fourth-order valence-corrected chi connectivity index (χ4v) is 3.86. The van der Waals surface area contributed by atoms with Crippen molar-refractivity contribution < 1.29 is 9.90 Å². The van der Waals surface area contributed by atoms with Gasteiger partial charge in [-0.25, -0.2) is 9.97 Å². The zero-order chi connectivity index (χ0) is 21.8. The first-order valence-electron chi connectivity index (χ1n) is 10.3. The molecule has 1 atom stereocenters. The lowest BCUT2D eigenvalue weighted by Gasteiger charge is -2.37. The van der Waals surface area contributed by atoms with E-state index in [2.05, 4.69) is 25.3 Å². The van der Waals surface area contributed by atoms with E-state index in [4.69, 9.17) is 0 Å². The van der Waals surface area contributed by atoms with Gasteiger partial charge in [0.25, 0.3) is 0 Å². The molecule has 162 valence electrons. The van der Waals surface area contributed by atoms with Gasteiger partial charge in [0.1, 0.15) is 18.7 Å². The molecule has 1 unspecified atom stereocenters. The predicted octanol–water partition coefficient (Wildman–Crippen LogP) is 1.74. The number of hydrogen-bond donors (Lipinski definition) is 2. The van der Waals surface area contributed by atoms with Gasteiger partial charge in [0, 0.05) is 49.3 Å². The number of nitrogens with zero attached hydrogens (tertiary/aromatic N) is 6. The predicted molar refractivity (Wildman–Crippen MR) is 118 cm³/mol. The summed E-state index contributed by atoms with van der Waals surface area (Å²) in [6.07, 6.45) is 2.15. The summed E-state index contributed by atoms with van der Waals surface area (Å²) in [5.74, 6) is 0.626. The van der Waals surface area contributed by atoms with Gasteiger partial charge in [-0.2, -0.15) is 5.10 Å². The first-order chi connectivity index (χ1) is 15.0. The van der Waals surface area contributed by atoms with E-state index in [9.17, 15) is 9.90 Å². The Morgan fingerprint density at radius 3 is 2.61 bits per heavy atom. The van der Waals surface area contributed by atoms with E-state index in [-0.39, 0.29) is 12.5 Å². The summed E-state index contributed by atoms with van der Waals surface area (Å²) in [4.78, 5) is 24.8. The zero-order valence-electron chi connectivity index (χ0n) is 17.8. The number of carbonyl (C=O) groups excluding carboxylic acids is 1. The number of carbonyl (C=O) groups is 1. The molecule has 2 aromatic heterocycles. The van der Waals surface area contributed by atoms with Crippen molar-refractivity contribution in [3.63, 3.8) is 0 Å². The van der Waals surface area contributed by atoms with Crippen LogP contribution in [0, 0.1) is 13.8 Å². The minimum atomic E-state index is -0.906. The van der Waals surface area contributed by atoms with Crippen molar-refractivity contribution >= 4 is 17.4 Å². The number of aliphatic hydroxyl groups is 1. The van der Waals surface area contributed by atoms with Crippen LogP contribution >= 0.6 is 0 Å². The number of piperazine rings is 1. The molecular weight excluding hydrogens is 394 g/mol. The molecule has 3 aromatic rings. The van der Waals surface area contributed by atoms with Gasteiger partial charge in [0.05, 0.1) is 5.69 Å². The number of aromatic nitrogens is 4. The number of benzene rings is 1. The Hall–Kier alpha value is -3.46. The molecule has 9 nitrogen and oxygen atoms in total. The van der Waals surface area contributed by atoms with Crippen LogP contribution in [0.4, 0.5) is 11.5 Å². The molecule has 3 heterocycles. The van der Waals surface area contributed by atoms with E-state index in [0.717, 1.165) is 22.6 Å². The third-order valence-corrected chi connectivity index (χ3v) is 5.46. The number of aryl methyl sites for hydroxylation is 2. The first kappa shape index (κ1) is 20.8. The lowest BCUT2D eigenvalue weighted by atomic mass is 10.1. The summed E-state index contributed by atoms with van der Waals surface area (Å²) < 4.78 is 1.76. The average Bonchev–Trinajstić information content (AvgIpc) is 3.11. The Kier molecular flexibility index (Phi) is 6.13. The average molecular weight is 422 g/mol. The SMILES string of the molecule is Cc1cc(C)n(CC(=O)N2CCN(c3ccccc3C(O)Nc3ccncn3)CC2)n1. The molecule has 31 heavy (non-hydrogen) atoms. The summed E-state index contributed by atoms with van der Waals surface area (Å²) in [5.41, 5.74) is 3.62. The van der Waals surface area contributed by atoms with Crippen molar-refractivity contribution in [1.29, 1.82) is 0 Å². The molecule has 1 aliphatic heterocycles. The second kappa shape index (κ2) is 9.13. The molecule has 1 aliphatic rings. The molecule has 0 radical (unpaired) electrons. The van der Waals surface area contributed by atoms with Crippen LogP contribution in [0.5, 0.6) is 0 Å². The second-order valence-corrected chi connectivity index (χ2v) is 7.65. The Bertz CT molecular complexity index is 1030. The van der Waals surface area contributed by atoms with Crippen LogP contribution in [0.2, 0.25) is 0 Å². The lowest BCUT2D eigenvalue weighted by molar-refractivity contribution is -0.132. The third-order valence-electron chi connectivity index (χ3n) is 5.46. The van der Waals surface area contributed by atoms with Crippen LogP contribution in [0.25, 0.3) is 0 Å². The number of aliphatic hydroxyl groups excluding tert-OH is 1. The minimum absolute atomic E-state index is 0.0737. The highest BCUT2D eigenvalue weighted by atomic mass is 16.3. The molecule has 0 spiro atoms. The van der Waals surface area contributed by atoms with Crippen molar-refractivity contribution in [3.05, 3.63) is 65.9 Å². The molecule has 1 aromatic carbocycles. The van der Waals surface area contributed by atoms with Gasteiger partial charge in [0.2, 0.25) is 5.91 Å². The van der Waals surface area contributed by atoms with Crippen molar-refractivity contribution in [3.8, 4) is 0 Å². The standard InChI is InChI=1S/C22H27N7O2/c1-16-13-17(2)29(26-16)14-21(30)28-11-9-27(10-12-28)19-6-4-3-5-18(19)22(31)25-20-7-8-23-15-24-20/h3-8,13,15,22,31H,9-12,14H2,1-2H3,(H,23,24,25). The monoisotopic (exact) mass is 421 g/mol. The Morgan fingerprint density at radius 1 is 1.16 bits per heavy atom. The zero-order valence-corrected chi connectivity index (χ0v) is 17.8. The number of para-hydroxylation sites is 1. The third kappa shape index (κ3) is 4.83. The lowest BCUT2D eigenvalue weighted by Crippen LogP contribution is -2.50. The molecular formula is C22H27N7O2. The first-order valence-corrected chi connectivity index (χ1v) is 10.3. The van der Waals surface area contributed by atoms with E-state index in [1.165, 1.54) is 6.33 Å². The van der Waals surface area contributed by atoms with E-state index in [1.807, 2.05) is 49.1 Å². The van der Waals surface area contributed by atoms with Crippen molar-refractivity contribution in [2.75, 3.05) is 36.4 Å².